The molecule has 0 saturated heterocycles. The second-order valence-electron chi connectivity index (χ2n) is 5.19. The Kier molecular flexibility index (Phi) is 3.89. The molecule has 1 atom stereocenters. The van der Waals surface area contributed by atoms with E-state index in [1.807, 2.05) is 18.2 Å². The highest BCUT2D eigenvalue weighted by atomic mass is 35.5. The Labute approximate surface area is 136 Å². The number of halogens is 2. The van der Waals surface area contributed by atoms with Crippen molar-refractivity contribution in [1.82, 2.24) is 0 Å². The summed E-state index contributed by atoms with van der Waals surface area (Å²) in [6.45, 7) is 0. The monoisotopic (exact) mass is 335 g/mol. The van der Waals surface area contributed by atoms with Crippen LogP contribution in [0, 0.1) is 10.1 Å². The second-order valence-corrected chi connectivity index (χ2v) is 6.01. The first-order valence-electron chi connectivity index (χ1n) is 6.74. The molecule has 112 valence electrons. The molecule has 0 heterocycles. The molecule has 0 N–H and O–H groups in total. The quantitative estimate of drug-likeness (QED) is 0.584. The number of Topliss-reactive ketones (excluding diaryl/α,β-unsaturated/α-hetero) is 1. The van der Waals surface area contributed by atoms with Crippen molar-refractivity contribution >= 4 is 34.7 Å². The summed E-state index contributed by atoms with van der Waals surface area (Å²) in [6.07, 6.45) is 1.38. The van der Waals surface area contributed by atoms with Crippen molar-refractivity contribution in [3.05, 3.63) is 73.2 Å². The maximum atomic E-state index is 12.7. The maximum absolute atomic E-state index is 12.7. The van der Waals surface area contributed by atoms with E-state index in [4.69, 9.17) is 23.2 Å². The van der Waals surface area contributed by atoms with Crippen molar-refractivity contribution in [3.8, 4) is 0 Å². The van der Waals surface area contributed by atoms with E-state index in [-0.39, 0.29) is 21.5 Å². The summed E-state index contributed by atoms with van der Waals surface area (Å²) in [5.74, 6) is -0.436. The molecule has 2 aromatic carbocycles. The molecule has 0 saturated carbocycles. The number of fused-ring (bicyclic) bond motifs is 1. The molecule has 6 heteroatoms. The first-order valence-corrected chi connectivity index (χ1v) is 7.50. The summed E-state index contributed by atoms with van der Waals surface area (Å²) in [5, 5.41) is 11.1. The van der Waals surface area contributed by atoms with Crippen LogP contribution >= 0.6 is 23.2 Å². The van der Waals surface area contributed by atoms with Crippen molar-refractivity contribution < 1.29 is 9.72 Å². The average Bonchev–Trinajstić information content (AvgIpc) is 2.50. The Morgan fingerprint density at radius 1 is 1.14 bits per heavy atom. The van der Waals surface area contributed by atoms with Gasteiger partial charge < -0.3 is 0 Å². The second kappa shape index (κ2) is 5.71. The van der Waals surface area contributed by atoms with Crippen molar-refractivity contribution in [2.75, 3.05) is 0 Å². The van der Waals surface area contributed by atoms with Gasteiger partial charge in [0.05, 0.1) is 9.95 Å². The zero-order valence-corrected chi connectivity index (χ0v) is 12.9. The Morgan fingerprint density at radius 3 is 2.59 bits per heavy atom. The normalized spacial score (nSPS) is 17.2. The third kappa shape index (κ3) is 2.49. The fraction of sp³-hybridized carbons (Fsp3) is 0.188. The van der Waals surface area contributed by atoms with Crippen LogP contribution in [0.4, 0.5) is 5.69 Å². The molecule has 4 nitrogen and oxygen atoms in total. The number of carbonyl (C=O) groups excluding carboxylic acids is 1. The first kappa shape index (κ1) is 15.0. The van der Waals surface area contributed by atoms with Crippen LogP contribution in [0.2, 0.25) is 10.0 Å². The molecule has 22 heavy (non-hydrogen) atoms. The Morgan fingerprint density at radius 2 is 1.86 bits per heavy atom. The van der Waals surface area contributed by atoms with E-state index in [2.05, 4.69) is 0 Å². The minimum absolute atomic E-state index is 0.00365. The molecule has 0 spiro atoms. The number of hydrogen-bond donors (Lipinski definition) is 0. The lowest BCUT2D eigenvalue weighted by molar-refractivity contribution is -0.384. The van der Waals surface area contributed by atoms with Crippen molar-refractivity contribution in [3.63, 3.8) is 0 Å². The summed E-state index contributed by atoms with van der Waals surface area (Å²) < 4.78 is 0. The van der Waals surface area contributed by atoms with E-state index in [1.165, 1.54) is 12.1 Å². The first-order chi connectivity index (χ1) is 10.5. The molecule has 0 aromatic heterocycles. The molecule has 1 aliphatic rings. The van der Waals surface area contributed by atoms with Gasteiger partial charge in [0.15, 0.2) is 5.78 Å². The zero-order valence-electron chi connectivity index (χ0n) is 11.4. The van der Waals surface area contributed by atoms with Crippen LogP contribution in [-0.4, -0.2) is 10.7 Å². The van der Waals surface area contributed by atoms with Gasteiger partial charge in [-0.1, -0.05) is 47.5 Å². The molecule has 0 bridgehead atoms. The summed E-state index contributed by atoms with van der Waals surface area (Å²) in [5.41, 5.74) is 2.01. The highest BCUT2D eigenvalue weighted by Gasteiger charge is 2.31. The van der Waals surface area contributed by atoms with Crippen LogP contribution in [0.3, 0.4) is 0 Å². The van der Waals surface area contributed by atoms with E-state index < -0.39 is 10.8 Å². The van der Waals surface area contributed by atoms with E-state index in [9.17, 15) is 14.9 Å². The highest BCUT2D eigenvalue weighted by Crippen LogP contribution is 2.39. The molecule has 3 rings (SSSR count). The van der Waals surface area contributed by atoms with Crippen LogP contribution in [0.1, 0.15) is 33.8 Å². The SMILES string of the molecule is O=C1c2ccccc2CC[C@@H]1c1cc(Cl)c([N+](=O)[O-])cc1Cl. The number of ketones is 1. The number of carbonyl (C=O) groups is 1. The van der Waals surface area contributed by atoms with E-state index in [1.54, 1.807) is 6.07 Å². The van der Waals surface area contributed by atoms with Crippen LogP contribution in [0.25, 0.3) is 0 Å². The van der Waals surface area contributed by atoms with Gasteiger partial charge in [-0.15, -0.1) is 0 Å². The fourth-order valence-electron chi connectivity index (χ4n) is 2.85. The number of nitro benzene ring substituents is 1. The topological polar surface area (TPSA) is 60.2 Å². The summed E-state index contributed by atoms with van der Waals surface area (Å²) in [7, 11) is 0. The predicted molar refractivity (Wildman–Crippen MR) is 85.0 cm³/mol. The maximum Gasteiger partial charge on any atom is 0.289 e. The third-order valence-electron chi connectivity index (χ3n) is 3.94. The zero-order chi connectivity index (χ0) is 15.9. The summed E-state index contributed by atoms with van der Waals surface area (Å²) in [4.78, 5) is 23.0. The Hall–Kier alpha value is -1.91. The number of aryl methyl sites for hydroxylation is 1. The molecule has 0 unspecified atom stereocenters. The van der Waals surface area contributed by atoms with Gasteiger partial charge in [-0.2, -0.15) is 0 Å². The van der Waals surface area contributed by atoms with Gasteiger partial charge in [0.25, 0.3) is 5.69 Å². The van der Waals surface area contributed by atoms with Gasteiger partial charge in [-0.25, -0.2) is 0 Å². The number of rotatable bonds is 2. The predicted octanol–water partition coefficient (Wildman–Crippen LogP) is 4.81. The minimum Gasteiger partial charge on any atom is -0.293 e. The van der Waals surface area contributed by atoms with Crippen molar-refractivity contribution in [2.45, 2.75) is 18.8 Å². The minimum atomic E-state index is -0.587. The van der Waals surface area contributed by atoms with Gasteiger partial charge in [0.2, 0.25) is 0 Å². The molecule has 0 aliphatic heterocycles. The summed E-state index contributed by atoms with van der Waals surface area (Å²) >= 11 is 12.1. The molecule has 1 aliphatic carbocycles. The largest absolute Gasteiger partial charge is 0.293 e. The number of benzene rings is 2. The van der Waals surface area contributed by atoms with Crippen LogP contribution in [-0.2, 0) is 6.42 Å². The molecular formula is C16H11Cl2NO3. The molecule has 0 amide bonds. The van der Waals surface area contributed by atoms with Crippen LogP contribution < -0.4 is 0 Å². The molecular weight excluding hydrogens is 325 g/mol. The highest BCUT2D eigenvalue weighted by molar-refractivity contribution is 6.35. The van der Waals surface area contributed by atoms with Gasteiger partial charge in [0, 0.05) is 17.5 Å². The van der Waals surface area contributed by atoms with Gasteiger partial charge in [-0.3, -0.25) is 14.9 Å². The van der Waals surface area contributed by atoms with Crippen LogP contribution in [0.15, 0.2) is 36.4 Å². The standard InChI is InChI=1S/C16H11Cl2NO3/c17-13-8-15(19(21)22)14(18)7-12(13)11-6-5-9-3-1-2-4-10(9)16(11)20/h1-4,7-8,11H,5-6H2/t11-/m1/s1. The third-order valence-corrected chi connectivity index (χ3v) is 4.57. The van der Waals surface area contributed by atoms with Gasteiger partial charge >= 0.3 is 0 Å². The van der Waals surface area contributed by atoms with Crippen molar-refractivity contribution in [2.24, 2.45) is 0 Å². The average molecular weight is 336 g/mol. The summed E-state index contributed by atoms with van der Waals surface area (Å²) in [6, 6.07) is 10.1. The lowest BCUT2D eigenvalue weighted by atomic mass is 9.79. The van der Waals surface area contributed by atoms with Crippen LogP contribution in [0.5, 0.6) is 0 Å². The molecule has 0 radical (unpaired) electrons. The van der Waals surface area contributed by atoms with E-state index in [0.717, 1.165) is 12.0 Å². The Balaban J connectivity index is 2.04. The van der Waals surface area contributed by atoms with Gasteiger partial charge in [-0.05, 0) is 30.0 Å². The molecule has 0 fully saturated rings. The van der Waals surface area contributed by atoms with Gasteiger partial charge in [0.1, 0.15) is 5.02 Å². The fourth-order valence-corrected chi connectivity index (χ4v) is 3.38. The smallest absolute Gasteiger partial charge is 0.289 e. The van der Waals surface area contributed by atoms with E-state index in [0.29, 0.717) is 17.5 Å². The Bertz CT molecular complexity index is 789. The lowest BCUT2D eigenvalue weighted by Gasteiger charge is -2.24. The van der Waals surface area contributed by atoms with Crippen molar-refractivity contribution in [1.29, 1.82) is 0 Å². The molecule has 2 aromatic rings. The van der Waals surface area contributed by atoms with E-state index >= 15 is 0 Å². The number of nitro groups is 1. The number of hydrogen-bond acceptors (Lipinski definition) is 3. The lowest BCUT2D eigenvalue weighted by Crippen LogP contribution is -2.21. The number of nitrogens with zero attached hydrogens (tertiary/aromatic N) is 1.